The minimum absolute atomic E-state index is 0.0424. The van der Waals surface area contributed by atoms with Crippen molar-refractivity contribution in [1.29, 1.82) is 0 Å². The molecule has 0 radical (unpaired) electrons. The number of nitrogens with zero attached hydrogens (tertiary/aromatic N) is 1. The molecule has 6 heteroatoms. The smallest absolute Gasteiger partial charge is 0.251 e. The largest absolute Gasteiger partial charge is 0.347 e. The first-order chi connectivity index (χ1) is 12.2. The highest BCUT2D eigenvalue weighted by atomic mass is 35.5. The van der Waals surface area contributed by atoms with Crippen molar-refractivity contribution in [2.24, 2.45) is 5.92 Å². The Morgan fingerprint density at radius 3 is 2.23 bits per heavy atom. The Morgan fingerprint density at radius 1 is 1.08 bits per heavy atom. The van der Waals surface area contributed by atoms with Gasteiger partial charge in [0.25, 0.3) is 5.91 Å². The molecule has 0 bridgehead atoms. The topological polar surface area (TPSA) is 49.4 Å². The molecule has 2 aromatic rings. The lowest BCUT2D eigenvalue weighted by Crippen LogP contribution is -2.49. The van der Waals surface area contributed by atoms with Crippen molar-refractivity contribution >= 4 is 23.4 Å². The molecule has 26 heavy (non-hydrogen) atoms. The molecule has 0 saturated heterocycles. The van der Waals surface area contributed by atoms with Gasteiger partial charge in [-0.15, -0.1) is 0 Å². The fourth-order valence-corrected chi connectivity index (χ4v) is 2.76. The van der Waals surface area contributed by atoms with E-state index in [0.717, 1.165) is 0 Å². The van der Waals surface area contributed by atoms with E-state index in [2.05, 4.69) is 5.32 Å². The summed E-state index contributed by atoms with van der Waals surface area (Å²) in [6.07, 6.45) is 0. The third-order valence-electron chi connectivity index (χ3n) is 4.05. The molecule has 2 rings (SSSR count). The van der Waals surface area contributed by atoms with Gasteiger partial charge in [-0.3, -0.25) is 9.59 Å². The fraction of sp³-hybridized carbons (Fsp3) is 0.300. The Bertz CT molecular complexity index is 804. The van der Waals surface area contributed by atoms with Crippen molar-refractivity contribution in [3.8, 4) is 11.1 Å². The summed E-state index contributed by atoms with van der Waals surface area (Å²) in [5.41, 5.74) is 1.68. The average molecular weight is 377 g/mol. The third-order valence-corrected chi connectivity index (χ3v) is 4.38. The van der Waals surface area contributed by atoms with Gasteiger partial charge in [-0.1, -0.05) is 37.6 Å². The Kier molecular flexibility index (Phi) is 6.37. The zero-order valence-corrected chi connectivity index (χ0v) is 16.0. The number of halogens is 2. The predicted molar refractivity (Wildman–Crippen MR) is 102 cm³/mol. The molecule has 0 aliphatic carbocycles. The maximum absolute atomic E-state index is 13.4. The van der Waals surface area contributed by atoms with Crippen LogP contribution in [0, 0.1) is 11.7 Å². The Labute approximate surface area is 158 Å². The van der Waals surface area contributed by atoms with Crippen LogP contribution in [0.4, 0.5) is 4.39 Å². The van der Waals surface area contributed by atoms with Gasteiger partial charge in [0.15, 0.2) is 0 Å². The van der Waals surface area contributed by atoms with Gasteiger partial charge in [-0.25, -0.2) is 4.39 Å². The van der Waals surface area contributed by atoms with Crippen molar-refractivity contribution in [3.05, 3.63) is 58.9 Å². The van der Waals surface area contributed by atoms with Gasteiger partial charge < -0.3 is 10.2 Å². The summed E-state index contributed by atoms with van der Waals surface area (Å²) in [4.78, 5) is 26.2. The maximum Gasteiger partial charge on any atom is 0.251 e. The summed E-state index contributed by atoms with van der Waals surface area (Å²) in [6.45, 7) is 3.75. The Balaban J connectivity index is 2.20. The minimum Gasteiger partial charge on any atom is -0.347 e. The lowest BCUT2D eigenvalue weighted by atomic mass is 10.0. The predicted octanol–water partition coefficient (Wildman–Crippen LogP) is 3.99. The number of hydrogen-bond acceptors (Lipinski definition) is 2. The van der Waals surface area contributed by atoms with Gasteiger partial charge >= 0.3 is 0 Å². The Morgan fingerprint density at radius 2 is 1.69 bits per heavy atom. The number of amides is 2. The molecule has 0 saturated carbocycles. The molecule has 0 aliphatic rings. The first-order valence-corrected chi connectivity index (χ1v) is 8.66. The van der Waals surface area contributed by atoms with Crippen molar-refractivity contribution < 1.29 is 14.0 Å². The summed E-state index contributed by atoms with van der Waals surface area (Å²) in [7, 11) is 3.31. The van der Waals surface area contributed by atoms with Crippen molar-refractivity contribution in [1.82, 2.24) is 10.2 Å². The second-order valence-electron chi connectivity index (χ2n) is 6.63. The molecule has 0 heterocycles. The molecule has 2 aromatic carbocycles. The molecule has 0 fully saturated rings. The minimum atomic E-state index is -0.602. The molecule has 2 amide bonds. The molecule has 138 valence electrons. The van der Waals surface area contributed by atoms with Crippen LogP contribution < -0.4 is 5.32 Å². The second kappa shape index (κ2) is 8.32. The monoisotopic (exact) mass is 376 g/mol. The van der Waals surface area contributed by atoms with E-state index >= 15 is 0 Å². The summed E-state index contributed by atoms with van der Waals surface area (Å²) in [6, 6.07) is 10.2. The van der Waals surface area contributed by atoms with Crippen LogP contribution in [0.25, 0.3) is 11.1 Å². The van der Waals surface area contributed by atoms with Crippen LogP contribution in [0.1, 0.15) is 24.2 Å². The molecule has 4 nitrogen and oxygen atoms in total. The SMILES string of the molecule is CC(C)[C@H](NC(=O)c1ccc(-c2cc(F)ccc2Cl)cc1)C(=O)N(C)C. The standard InChI is InChI=1S/C20H22ClFN2O2/c1-12(2)18(20(26)24(3)4)23-19(25)14-7-5-13(6-8-14)16-11-15(22)9-10-17(16)21/h5-12,18H,1-4H3,(H,23,25)/t18-/m0/s1. The van der Waals surface area contributed by atoms with Crippen LogP contribution in [0.15, 0.2) is 42.5 Å². The number of rotatable bonds is 5. The molecular weight excluding hydrogens is 355 g/mol. The van der Waals surface area contributed by atoms with Gasteiger partial charge in [0.2, 0.25) is 5.91 Å². The number of nitrogens with one attached hydrogen (secondary N) is 1. The quantitative estimate of drug-likeness (QED) is 0.857. The molecule has 0 unspecified atom stereocenters. The van der Waals surface area contributed by atoms with Crippen molar-refractivity contribution in [2.45, 2.75) is 19.9 Å². The zero-order valence-electron chi connectivity index (χ0n) is 15.2. The maximum atomic E-state index is 13.4. The number of likely N-dealkylation sites (N-methyl/N-ethyl adjacent to an activating group) is 1. The number of carbonyl (C=O) groups is 2. The van der Waals surface area contributed by atoms with Crippen LogP contribution in [0.2, 0.25) is 5.02 Å². The highest BCUT2D eigenvalue weighted by Crippen LogP contribution is 2.28. The van der Waals surface area contributed by atoms with E-state index in [-0.39, 0.29) is 23.5 Å². The third kappa shape index (κ3) is 4.61. The molecule has 0 aliphatic heterocycles. The second-order valence-corrected chi connectivity index (χ2v) is 7.04. The van der Waals surface area contributed by atoms with Crippen LogP contribution in [0.5, 0.6) is 0 Å². The van der Waals surface area contributed by atoms with Crippen LogP contribution >= 0.6 is 11.6 Å². The number of carbonyl (C=O) groups excluding carboxylic acids is 2. The van der Waals surface area contributed by atoms with Crippen LogP contribution in [0.3, 0.4) is 0 Å². The first-order valence-electron chi connectivity index (χ1n) is 8.28. The van der Waals surface area contributed by atoms with E-state index in [4.69, 9.17) is 11.6 Å². The van der Waals surface area contributed by atoms with Gasteiger partial charge in [0.05, 0.1) is 0 Å². The van der Waals surface area contributed by atoms with E-state index in [9.17, 15) is 14.0 Å². The number of benzene rings is 2. The van der Waals surface area contributed by atoms with Crippen LogP contribution in [-0.2, 0) is 4.79 Å². The summed E-state index contributed by atoms with van der Waals surface area (Å²) in [5, 5.41) is 3.21. The average Bonchev–Trinajstić information content (AvgIpc) is 2.60. The van der Waals surface area contributed by atoms with Crippen LogP contribution in [-0.4, -0.2) is 36.9 Å². The highest BCUT2D eigenvalue weighted by molar-refractivity contribution is 6.33. The molecule has 0 aromatic heterocycles. The molecule has 1 atom stereocenters. The van der Waals surface area contributed by atoms with Gasteiger partial charge in [-0.2, -0.15) is 0 Å². The van der Waals surface area contributed by atoms with Crippen molar-refractivity contribution in [2.75, 3.05) is 14.1 Å². The lowest BCUT2D eigenvalue weighted by molar-refractivity contribution is -0.131. The zero-order chi connectivity index (χ0) is 19.4. The van der Waals surface area contributed by atoms with E-state index in [1.807, 2.05) is 13.8 Å². The molecule has 1 N–H and O–H groups in total. The van der Waals surface area contributed by atoms with Crippen molar-refractivity contribution in [3.63, 3.8) is 0 Å². The summed E-state index contributed by atoms with van der Waals surface area (Å²) >= 11 is 6.11. The normalized spacial score (nSPS) is 12.0. The fourth-order valence-electron chi connectivity index (χ4n) is 2.54. The van der Waals surface area contributed by atoms with E-state index in [1.54, 1.807) is 38.4 Å². The Hall–Kier alpha value is -2.40. The molecule has 0 spiro atoms. The summed E-state index contributed by atoms with van der Waals surface area (Å²) in [5.74, 6) is -0.917. The van der Waals surface area contributed by atoms with E-state index < -0.39 is 6.04 Å². The van der Waals surface area contributed by atoms with E-state index in [1.165, 1.54) is 23.1 Å². The number of hydrogen-bond donors (Lipinski definition) is 1. The van der Waals surface area contributed by atoms with Gasteiger partial charge in [0, 0.05) is 30.2 Å². The highest BCUT2D eigenvalue weighted by Gasteiger charge is 2.25. The van der Waals surface area contributed by atoms with Gasteiger partial charge in [0.1, 0.15) is 11.9 Å². The van der Waals surface area contributed by atoms with E-state index in [0.29, 0.717) is 21.7 Å². The van der Waals surface area contributed by atoms with Gasteiger partial charge in [-0.05, 0) is 41.8 Å². The summed E-state index contributed by atoms with van der Waals surface area (Å²) < 4.78 is 13.4. The molecular formula is C20H22ClFN2O2. The first kappa shape index (κ1) is 19.9. The lowest BCUT2D eigenvalue weighted by Gasteiger charge is -2.24.